The number of amidine groups is 1. The Kier molecular flexibility index (Phi) is 8.94. The summed E-state index contributed by atoms with van der Waals surface area (Å²) in [4.78, 5) is 2.32. The third kappa shape index (κ3) is 8.49. The van der Waals surface area contributed by atoms with Crippen LogP contribution in [0, 0.1) is 5.92 Å². The maximum Gasteiger partial charge on any atom is 0.140 e. The minimum atomic E-state index is 0.292. The van der Waals surface area contributed by atoms with Crippen molar-refractivity contribution in [2.24, 2.45) is 16.8 Å². The summed E-state index contributed by atoms with van der Waals surface area (Å²) in [6.45, 7) is 8.00. The Hall–Kier alpha value is -0.810. The highest BCUT2D eigenvalue weighted by molar-refractivity contribution is 5.79. The fraction of sp³-hybridized carbons (Fsp3) is 0.909. The lowest BCUT2D eigenvalue weighted by atomic mass is 10.2. The molecule has 0 radical (unpaired) electrons. The number of rotatable bonds is 9. The van der Waals surface area contributed by atoms with Crippen LogP contribution in [-0.4, -0.2) is 49.3 Å². The second kappa shape index (κ2) is 9.42. The summed E-state index contributed by atoms with van der Waals surface area (Å²) in [5, 5.41) is 11.4. The zero-order valence-electron chi connectivity index (χ0n) is 10.6. The van der Waals surface area contributed by atoms with Crippen LogP contribution < -0.4 is 5.73 Å². The van der Waals surface area contributed by atoms with Crippen molar-refractivity contribution in [1.29, 1.82) is 0 Å². The molecule has 5 heteroatoms. The van der Waals surface area contributed by atoms with Gasteiger partial charge in [0.15, 0.2) is 0 Å². The topological polar surface area (TPSA) is 71.1 Å². The average Bonchev–Trinajstić information content (AvgIpc) is 2.24. The zero-order valence-corrected chi connectivity index (χ0v) is 10.6. The molecule has 3 N–H and O–H groups in total. The fourth-order valence-corrected chi connectivity index (χ4v) is 1.57. The van der Waals surface area contributed by atoms with E-state index >= 15 is 0 Å². The molecule has 16 heavy (non-hydrogen) atoms. The number of hydrogen-bond acceptors (Lipinski definition) is 4. The van der Waals surface area contributed by atoms with Crippen LogP contribution in [0.5, 0.6) is 0 Å². The molecule has 0 saturated heterocycles. The number of nitrogens with two attached hydrogens (primary N) is 1. The van der Waals surface area contributed by atoms with Crippen molar-refractivity contribution in [1.82, 2.24) is 4.90 Å². The van der Waals surface area contributed by atoms with Crippen molar-refractivity contribution in [3.05, 3.63) is 0 Å². The highest BCUT2D eigenvalue weighted by atomic mass is 16.5. The first-order valence-electron chi connectivity index (χ1n) is 5.77. The molecular weight excluding hydrogens is 206 g/mol. The van der Waals surface area contributed by atoms with Gasteiger partial charge in [-0.3, -0.25) is 0 Å². The van der Waals surface area contributed by atoms with Gasteiger partial charge in [-0.05, 0) is 12.3 Å². The molecule has 0 aromatic carbocycles. The van der Waals surface area contributed by atoms with Crippen LogP contribution in [0.15, 0.2) is 5.16 Å². The largest absolute Gasteiger partial charge is 0.409 e. The Morgan fingerprint density at radius 1 is 1.44 bits per heavy atom. The van der Waals surface area contributed by atoms with Gasteiger partial charge in [0.1, 0.15) is 5.84 Å². The van der Waals surface area contributed by atoms with E-state index in [0.717, 1.165) is 32.7 Å². The summed E-state index contributed by atoms with van der Waals surface area (Å²) < 4.78 is 5.03. The predicted octanol–water partition coefficient (Wildman–Crippen LogP) is 1.12. The van der Waals surface area contributed by atoms with E-state index in [4.69, 9.17) is 15.7 Å². The maximum absolute atomic E-state index is 8.47. The third-order valence-electron chi connectivity index (χ3n) is 2.26. The van der Waals surface area contributed by atoms with Gasteiger partial charge in [-0.1, -0.05) is 19.0 Å². The fourth-order valence-electron chi connectivity index (χ4n) is 1.57. The van der Waals surface area contributed by atoms with Crippen LogP contribution in [-0.2, 0) is 4.74 Å². The molecule has 0 aliphatic rings. The minimum Gasteiger partial charge on any atom is -0.409 e. The van der Waals surface area contributed by atoms with Crippen molar-refractivity contribution in [2.75, 3.05) is 33.4 Å². The summed E-state index contributed by atoms with van der Waals surface area (Å²) in [6, 6.07) is 0. The molecule has 0 amide bonds. The van der Waals surface area contributed by atoms with E-state index in [-0.39, 0.29) is 0 Å². The quantitative estimate of drug-likeness (QED) is 0.205. The molecule has 0 bridgehead atoms. The molecule has 0 rings (SSSR count). The Bertz CT molecular complexity index is 196. The lowest BCUT2D eigenvalue weighted by molar-refractivity contribution is 0.167. The van der Waals surface area contributed by atoms with Crippen LogP contribution in [0.25, 0.3) is 0 Å². The number of ether oxygens (including phenoxy) is 1. The van der Waals surface area contributed by atoms with Gasteiger partial charge < -0.3 is 20.6 Å². The van der Waals surface area contributed by atoms with E-state index in [1.165, 1.54) is 0 Å². The van der Waals surface area contributed by atoms with E-state index < -0.39 is 0 Å². The molecule has 0 spiro atoms. The molecule has 0 unspecified atom stereocenters. The standard InChI is InChI=1S/C11H25N3O2/c1-10(2)9-14(6-4-8-16-3)7-5-11(12)13-15/h10,15H,4-9H2,1-3H3,(H2,12,13). The van der Waals surface area contributed by atoms with Crippen molar-refractivity contribution >= 4 is 5.84 Å². The first-order valence-corrected chi connectivity index (χ1v) is 5.77. The van der Waals surface area contributed by atoms with Gasteiger partial charge in [0.25, 0.3) is 0 Å². The summed E-state index contributed by atoms with van der Waals surface area (Å²) in [5.74, 6) is 0.912. The predicted molar refractivity (Wildman–Crippen MR) is 65.8 cm³/mol. The molecule has 0 aliphatic carbocycles. The van der Waals surface area contributed by atoms with Crippen LogP contribution >= 0.6 is 0 Å². The maximum atomic E-state index is 8.47. The lowest BCUT2D eigenvalue weighted by Crippen LogP contribution is -2.32. The molecule has 96 valence electrons. The first-order chi connectivity index (χ1) is 7.60. The second-order valence-electron chi connectivity index (χ2n) is 4.38. The number of hydrogen-bond donors (Lipinski definition) is 2. The van der Waals surface area contributed by atoms with Crippen LogP contribution in [0.3, 0.4) is 0 Å². The average molecular weight is 231 g/mol. The number of methoxy groups -OCH3 is 1. The SMILES string of the molecule is COCCCN(CCC(N)=NO)CC(C)C. The van der Waals surface area contributed by atoms with Crippen molar-refractivity contribution in [3.63, 3.8) is 0 Å². The molecule has 0 atom stereocenters. The molecule has 0 aromatic heterocycles. The number of oxime groups is 1. The van der Waals surface area contributed by atoms with Gasteiger partial charge in [-0.15, -0.1) is 0 Å². The smallest absolute Gasteiger partial charge is 0.140 e. The van der Waals surface area contributed by atoms with Gasteiger partial charge in [0.05, 0.1) is 0 Å². The summed E-state index contributed by atoms with van der Waals surface area (Å²) in [6.07, 6.45) is 1.62. The van der Waals surface area contributed by atoms with E-state index in [1.54, 1.807) is 7.11 Å². The Morgan fingerprint density at radius 2 is 2.12 bits per heavy atom. The molecule has 0 aliphatic heterocycles. The minimum absolute atomic E-state index is 0.292. The van der Waals surface area contributed by atoms with Crippen molar-refractivity contribution in [3.8, 4) is 0 Å². The van der Waals surface area contributed by atoms with Gasteiger partial charge in [-0.2, -0.15) is 0 Å². The van der Waals surface area contributed by atoms with Crippen LogP contribution in [0.1, 0.15) is 26.7 Å². The van der Waals surface area contributed by atoms with Gasteiger partial charge in [0.2, 0.25) is 0 Å². The third-order valence-corrected chi connectivity index (χ3v) is 2.26. The zero-order chi connectivity index (χ0) is 12.4. The monoisotopic (exact) mass is 231 g/mol. The summed E-state index contributed by atoms with van der Waals surface area (Å²) >= 11 is 0. The molecule has 0 fully saturated rings. The molecule has 5 nitrogen and oxygen atoms in total. The second-order valence-corrected chi connectivity index (χ2v) is 4.38. The van der Waals surface area contributed by atoms with Gasteiger partial charge >= 0.3 is 0 Å². The highest BCUT2D eigenvalue weighted by Gasteiger charge is 2.07. The van der Waals surface area contributed by atoms with Crippen molar-refractivity contribution in [2.45, 2.75) is 26.7 Å². The van der Waals surface area contributed by atoms with E-state index in [9.17, 15) is 0 Å². The summed E-state index contributed by atoms with van der Waals surface area (Å²) in [7, 11) is 1.71. The molecule has 0 heterocycles. The molecule has 0 aromatic rings. The summed E-state index contributed by atoms with van der Waals surface area (Å²) in [5.41, 5.74) is 5.46. The molecular formula is C11H25N3O2. The van der Waals surface area contributed by atoms with Gasteiger partial charge in [-0.25, -0.2) is 0 Å². The van der Waals surface area contributed by atoms with Crippen LogP contribution in [0.4, 0.5) is 0 Å². The van der Waals surface area contributed by atoms with Crippen LogP contribution in [0.2, 0.25) is 0 Å². The highest BCUT2D eigenvalue weighted by Crippen LogP contribution is 2.01. The van der Waals surface area contributed by atoms with E-state index in [0.29, 0.717) is 18.2 Å². The van der Waals surface area contributed by atoms with E-state index in [1.807, 2.05) is 0 Å². The Labute approximate surface area is 98.2 Å². The molecule has 0 saturated carbocycles. The Balaban J connectivity index is 3.89. The normalized spacial score (nSPS) is 12.7. The first kappa shape index (κ1) is 15.2. The lowest BCUT2D eigenvalue weighted by Gasteiger charge is -2.23. The van der Waals surface area contributed by atoms with E-state index in [2.05, 4.69) is 23.9 Å². The Morgan fingerprint density at radius 3 is 2.62 bits per heavy atom. The van der Waals surface area contributed by atoms with Crippen molar-refractivity contribution < 1.29 is 9.94 Å². The van der Waals surface area contributed by atoms with Gasteiger partial charge in [0, 0.05) is 39.8 Å². The number of nitrogens with zero attached hydrogens (tertiary/aromatic N) is 2.